The van der Waals surface area contributed by atoms with Crippen LogP contribution in [-0.4, -0.2) is 57.3 Å². The van der Waals surface area contributed by atoms with Crippen molar-refractivity contribution in [1.29, 1.82) is 0 Å². The van der Waals surface area contributed by atoms with Crippen LogP contribution >= 0.6 is 11.8 Å². The number of carboxylic acid groups (broad SMARTS) is 1. The number of likely N-dealkylation sites (tertiary alicyclic amines) is 1. The summed E-state index contributed by atoms with van der Waals surface area (Å²) in [5.41, 5.74) is 0. The third kappa shape index (κ3) is 5.01. The zero-order valence-electron chi connectivity index (χ0n) is 13.0. The number of nitrogens with zero attached hydrogens (tertiary/aromatic N) is 1. The van der Waals surface area contributed by atoms with Crippen molar-refractivity contribution in [3.63, 3.8) is 0 Å². The van der Waals surface area contributed by atoms with E-state index in [1.807, 2.05) is 0 Å². The maximum atomic E-state index is 12.4. The molecule has 0 aliphatic carbocycles. The number of hydrogen-bond acceptors (Lipinski definition) is 5. The van der Waals surface area contributed by atoms with Crippen LogP contribution in [0.15, 0.2) is 0 Å². The van der Waals surface area contributed by atoms with Gasteiger partial charge >= 0.3 is 5.97 Å². The van der Waals surface area contributed by atoms with E-state index in [9.17, 15) is 19.2 Å². The zero-order valence-corrected chi connectivity index (χ0v) is 13.8. The molecule has 1 unspecified atom stereocenters. The molecule has 0 aromatic heterocycles. The van der Waals surface area contributed by atoms with Gasteiger partial charge in [-0.05, 0) is 19.8 Å². The normalized spacial score (nSPS) is 20.3. The van der Waals surface area contributed by atoms with Crippen LogP contribution in [0.4, 0.5) is 0 Å². The number of thioether (sulfide) groups is 1. The van der Waals surface area contributed by atoms with E-state index in [0.717, 1.165) is 11.8 Å². The standard InChI is InChI=1S/C14H22N2O5S/c1-8(7-22-10(3)17)13(19)16-6-4-5-11(16)12(18)15-9(2)14(20)21/h8-9,11H,4-7H2,1-3H3,(H,15,18)(H,20,21)/t8?,9-,11-/m0/s1. The van der Waals surface area contributed by atoms with E-state index in [-0.39, 0.29) is 16.9 Å². The van der Waals surface area contributed by atoms with Gasteiger partial charge in [-0.1, -0.05) is 18.7 Å². The molecule has 1 aliphatic rings. The molecule has 0 bridgehead atoms. The second-order valence-corrected chi connectivity index (χ2v) is 6.66. The molecule has 2 amide bonds. The van der Waals surface area contributed by atoms with Gasteiger partial charge in [0.1, 0.15) is 12.1 Å². The molecule has 8 heteroatoms. The van der Waals surface area contributed by atoms with Gasteiger partial charge in [0.15, 0.2) is 5.12 Å². The number of nitrogens with one attached hydrogen (secondary N) is 1. The molecular formula is C14H22N2O5S. The van der Waals surface area contributed by atoms with Crippen LogP contribution in [0.1, 0.15) is 33.6 Å². The minimum absolute atomic E-state index is 0.0503. The van der Waals surface area contributed by atoms with E-state index in [2.05, 4.69) is 5.32 Å². The molecule has 1 heterocycles. The van der Waals surface area contributed by atoms with Gasteiger partial charge in [-0.25, -0.2) is 0 Å². The van der Waals surface area contributed by atoms with Gasteiger partial charge in [-0.3, -0.25) is 19.2 Å². The van der Waals surface area contributed by atoms with Crippen LogP contribution in [0.2, 0.25) is 0 Å². The summed E-state index contributed by atoms with van der Waals surface area (Å²) in [6, 6.07) is -1.62. The fourth-order valence-electron chi connectivity index (χ4n) is 2.27. The monoisotopic (exact) mass is 330 g/mol. The van der Waals surface area contributed by atoms with E-state index in [1.54, 1.807) is 6.92 Å². The molecule has 0 saturated carbocycles. The Morgan fingerprint density at radius 1 is 1.32 bits per heavy atom. The molecule has 1 aliphatic heterocycles. The SMILES string of the molecule is CC(=O)SCC(C)C(=O)N1CCC[C@H]1C(=O)N[C@@H](C)C(=O)O. The first-order valence-corrected chi connectivity index (χ1v) is 8.19. The minimum Gasteiger partial charge on any atom is -0.480 e. The first-order chi connectivity index (χ1) is 10.2. The predicted octanol–water partition coefficient (Wildman–Crippen LogP) is 0.483. The van der Waals surface area contributed by atoms with Crippen molar-refractivity contribution >= 4 is 34.7 Å². The van der Waals surface area contributed by atoms with Gasteiger partial charge < -0.3 is 15.3 Å². The first-order valence-electron chi connectivity index (χ1n) is 7.21. The highest BCUT2D eigenvalue weighted by Crippen LogP contribution is 2.22. The molecule has 1 fully saturated rings. The number of carbonyl (C=O) groups excluding carboxylic acids is 3. The van der Waals surface area contributed by atoms with Crippen molar-refractivity contribution in [2.24, 2.45) is 5.92 Å². The summed E-state index contributed by atoms with van der Waals surface area (Å²) < 4.78 is 0. The molecule has 1 rings (SSSR count). The number of carbonyl (C=O) groups is 4. The Kier molecular flexibility index (Phi) is 6.86. The molecular weight excluding hydrogens is 308 g/mol. The van der Waals surface area contributed by atoms with Gasteiger partial charge in [-0.15, -0.1) is 0 Å². The highest BCUT2D eigenvalue weighted by molar-refractivity contribution is 8.13. The van der Waals surface area contributed by atoms with Gasteiger partial charge in [-0.2, -0.15) is 0 Å². The van der Waals surface area contributed by atoms with Crippen LogP contribution in [0, 0.1) is 5.92 Å². The zero-order chi connectivity index (χ0) is 16.9. The van der Waals surface area contributed by atoms with Gasteiger partial charge in [0.05, 0.1) is 0 Å². The van der Waals surface area contributed by atoms with Gasteiger partial charge in [0.25, 0.3) is 0 Å². The van der Waals surface area contributed by atoms with E-state index in [0.29, 0.717) is 25.1 Å². The average Bonchev–Trinajstić information content (AvgIpc) is 2.92. The van der Waals surface area contributed by atoms with E-state index >= 15 is 0 Å². The molecule has 7 nitrogen and oxygen atoms in total. The van der Waals surface area contributed by atoms with E-state index in [1.165, 1.54) is 18.7 Å². The maximum absolute atomic E-state index is 12.4. The first kappa shape index (κ1) is 18.5. The fourth-order valence-corrected chi connectivity index (χ4v) is 2.90. The topological polar surface area (TPSA) is 104 Å². The van der Waals surface area contributed by atoms with Gasteiger partial charge in [0, 0.05) is 25.1 Å². The highest BCUT2D eigenvalue weighted by Gasteiger charge is 2.36. The Hall–Kier alpha value is -1.57. The molecule has 0 aromatic carbocycles. The Labute approximate surface area is 133 Å². The van der Waals surface area contributed by atoms with Crippen molar-refractivity contribution in [2.75, 3.05) is 12.3 Å². The maximum Gasteiger partial charge on any atom is 0.325 e. The number of hydrogen-bond donors (Lipinski definition) is 2. The summed E-state index contributed by atoms with van der Waals surface area (Å²) in [5.74, 6) is -1.71. The van der Waals surface area contributed by atoms with Crippen molar-refractivity contribution in [3.8, 4) is 0 Å². The predicted molar refractivity (Wildman–Crippen MR) is 82.3 cm³/mol. The summed E-state index contributed by atoms with van der Waals surface area (Å²) >= 11 is 1.09. The Morgan fingerprint density at radius 3 is 2.50 bits per heavy atom. The van der Waals surface area contributed by atoms with Crippen LogP contribution in [0.5, 0.6) is 0 Å². The summed E-state index contributed by atoms with van der Waals surface area (Å²) in [6.07, 6.45) is 1.23. The van der Waals surface area contributed by atoms with E-state index in [4.69, 9.17) is 5.11 Å². The van der Waals surface area contributed by atoms with Crippen LogP contribution < -0.4 is 5.32 Å². The molecule has 0 aromatic rings. The summed E-state index contributed by atoms with van der Waals surface area (Å²) in [6.45, 7) is 5.04. The smallest absolute Gasteiger partial charge is 0.325 e. The van der Waals surface area contributed by atoms with Crippen molar-refractivity contribution in [3.05, 3.63) is 0 Å². The number of rotatable bonds is 6. The quantitative estimate of drug-likeness (QED) is 0.734. The third-order valence-corrected chi connectivity index (χ3v) is 4.60. The molecule has 0 spiro atoms. The molecule has 0 radical (unpaired) electrons. The summed E-state index contributed by atoms with van der Waals surface area (Å²) in [4.78, 5) is 47.8. The highest BCUT2D eigenvalue weighted by atomic mass is 32.2. The Morgan fingerprint density at radius 2 is 1.95 bits per heavy atom. The van der Waals surface area contributed by atoms with Crippen LogP contribution in [0.25, 0.3) is 0 Å². The Balaban J connectivity index is 2.65. The molecule has 124 valence electrons. The molecule has 22 heavy (non-hydrogen) atoms. The third-order valence-electron chi connectivity index (χ3n) is 3.53. The lowest BCUT2D eigenvalue weighted by molar-refractivity contribution is -0.144. The largest absolute Gasteiger partial charge is 0.480 e. The summed E-state index contributed by atoms with van der Waals surface area (Å²) in [5, 5.41) is 11.2. The molecule has 1 saturated heterocycles. The molecule has 2 N–H and O–H groups in total. The van der Waals surface area contributed by atoms with Crippen LogP contribution in [0.3, 0.4) is 0 Å². The van der Waals surface area contributed by atoms with Crippen molar-refractivity contribution in [2.45, 2.75) is 45.7 Å². The number of aliphatic carboxylic acids is 1. The number of carboxylic acids is 1. The fraction of sp³-hybridized carbons (Fsp3) is 0.714. The molecule has 3 atom stereocenters. The van der Waals surface area contributed by atoms with E-state index < -0.39 is 24.0 Å². The summed E-state index contributed by atoms with van der Waals surface area (Å²) in [7, 11) is 0. The van der Waals surface area contributed by atoms with Crippen LogP contribution in [-0.2, 0) is 19.2 Å². The second-order valence-electron chi connectivity index (χ2n) is 5.46. The van der Waals surface area contributed by atoms with Crippen molar-refractivity contribution in [1.82, 2.24) is 10.2 Å². The van der Waals surface area contributed by atoms with Gasteiger partial charge in [0.2, 0.25) is 11.8 Å². The number of amides is 2. The minimum atomic E-state index is -1.12. The second kappa shape index (κ2) is 8.17. The lowest BCUT2D eigenvalue weighted by atomic mass is 10.1. The van der Waals surface area contributed by atoms with Crippen molar-refractivity contribution < 1.29 is 24.3 Å². The lowest BCUT2D eigenvalue weighted by Gasteiger charge is -2.27. The lowest BCUT2D eigenvalue weighted by Crippen LogP contribution is -2.51. The average molecular weight is 330 g/mol. The Bertz CT molecular complexity index is 468.